The molecule has 3 nitrogen and oxygen atoms in total. The van der Waals surface area contributed by atoms with Gasteiger partial charge in [-0.25, -0.2) is 4.79 Å². The van der Waals surface area contributed by atoms with Crippen molar-refractivity contribution in [1.29, 1.82) is 0 Å². The summed E-state index contributed by atoms with van der Waals surface area (Å²) in [4.78, 5) is 11.6. The summed E-state index contributed by atoms with van der Waals surface area (Å²) in [5.74, 6) is 3.04. The molecule has 0 unspecified atom stereocenters. The van der Waals surface area contributed by atoms with E-state index in [1.807, 2.05) is 30.3 Å². The Labute approximate surface area is 108 Å². The van der Waals surface area contributed by atoms with Crippen LogP contribution in [0.2, 0.25) is 0 Å². The number of hydrogen-bond acceptors (Lipinski definition) is 2. The van der Waals surface area contributed by atoms with Crippen molar-refractivity contribution < 1.29 is 9.53 Å². The Morgan fingerprint density at radius 1 is 1.44 bits per heavy atom. The van der Waals surface area contributed by atoms with Gasteiger partial charge in [-0.05, 0) is 24.3 Å². The van der Waals surface area contributed by atoms with Crippen LogP contribution in [0, 0.1) is 18.3 Å². The van der Waals surface area contributed by atoms with Crippen molar-refractivity contribution in [2.45, 2.75) is 31.9 Å². The lowest BCUT2D eigenvalue weighted by Gasteiger charge is -2.30. The third-order valence-electron chi connectivity index (χ3n) is 3.29. The first-order valence-corrected chi connectivity index (χ1v) is 6.23. The molecule has 1 atom stereocenters. The molecule has 1 amide bonds. The zero-order valence-corrected chi connectivity index (χ0v) is 10.3. The molecule has 1 aromatic carbocycles. The van der Waals surface area contributed by atoms with Crippen molar-refractivity contribution in [2.24, 2.45) is 5.92 Å². The summed E-state index contributed by atoms with van der Waals surface area (Å²) >= 11 is 0. The second-order valence-electron chi connectivity index (χ2n) is 4.54. The molecule has 1 saturated carbocycles. The maximum absolute atomic E-state index is 11.6. The number of hydrogen-bond donors (Lipinski definition) is 1. The van der Waals surface area contributed by atoms with Crippen LogP contribution in [0.4, 0.5) is 4.79 Å². The molecule has 1 N–H and O–H groups in total. The average Bonchev–Trinajstić information content (AvgIpc) is 2.34. The summed E-state index contributed by atoms with van der Waals surface area (Å²) in [5, 5.41) is 2.74. The number of ether oxygens (including phenoxy) is 1. The number of terminal acetylenes is 1. The SMILES string of the molecule is C#C[C@H](NC(=O)OCc1ccccc1)C1CCC1. The molecule has 94 valence electrons. The fourth-order valence-electron chi connectivity index (χ4n) is 1.96. The molecule has 1 aromatic rings. The quantitative estimate of drug-likeness (QED) is 0.826. The zero-order chi connectivity index (χ0) is 12.8. The van der Waals surface area contributed by atoms with Crippen LogP contribution in [0.25, 0.3) is 0 Å². The van der Waals surface area contributed by atoms with Gasteiger partial charge in [-0.2, -0.15) is 0 Å². The van der Waals surface area contributed by atoms with Crippen molar-refractivity contribution in [3.63, 3.8) is 0 Å². The van der Waals surface area contributed by atoms with E-state index in [1.165, 1.54) is 6.42 Å². The van der Waals surface area contributed by atoms with E-state index < -0.39 is 6.09 Å². The highest BCUT2D eigenvalue weighted by Gasteiger charge is 2.27. The van der Waals surface area contributed by atoms with Crippen molar-refractivity contribution in [2.75, 3.05) is 0 Å². The van der Waals surface area contributed by atoms with E-state index in [1.54, 1.807) is 0 Å². The van der Waals surface area contributed by atoms with Gasteiger partial charge in [0, 0.05) is 0 Å². The Morgan fingerprint density at radius 3 is 2.72 bits per heavy atom. The van der Waals surface area contributed by atoms with Gasteiger partial charge in [0.15, 0.2) is 0 Å². The monoisotopic (exact) mass is 243 g/mol. The van der Waals surface area contributed by atoms with Gasteiger partial charge in [-0.1, -0.05) is 42.7 Å². The van der Waals surface area contributed by atoms with Gasteiger partial charge >= 0.3 is 6.09 Å². The topological polar surface area (TPSA) is 38.3 Å². The Kier molecular flexibility index (Phi) is 4.25. The first kappa shape index (κ1) is 12.5. The Balaban J connectivity index is 1.76. The van der Waals surface area contributed by atoms with Crippen molar-refractivity contribution >= 4 is 6.09 Å². The van der Waals surface area contributed by atoms with Gasteiger partial charge in [0.25, 0.3) is 0 Å². The first-order chi connectivity index (χ1) is 8.79. The zero-order valence-electron chi connectivity index (χ0n) is 10.3. The average molecular weight is 243 g/mol. The lowest BCUT2D eigenvalue weighted by Crippen LogP contribution is -2.42. The molecule has 18 heavy (non-hydrogen) atoms. The number of nitrogens with one attached hydrogen (secondary N) is 1. The van der Waals surface area contributed by atoms with E-state index in [0.717, 1.165) is 18.4 Å². The maximum atomic E-state index is 11.6. The van der Waals surface area contributed by atoms with E-state index in [9.17, 15) is 4.79 Å². The van der Waals surface area contributed by atoms with Crippen LogP contribution in [-0.2, 0) is 11.3 Å². The summed E-state index contributed by atoms with van der Waals surface area (Å²) in [7, 11) is 0. The summed E-state index contributed by atoms with van der Waals surface area (Å²) < 4.78 is 5.13. The Bertz CT molecular complexity index is 432. The van der Waals surface area contributed by atoms with Gasteiger partial charge in [-0.15, -0.1) is 6.42 Å². The first-order valence-electron chi connectivity index (χ1n) is 6.23. The smallest absolute Gasteiger partial charge is 0.408 e. The largest absolute Gasteiger partial charge is 0.445 e. The highest BCUT2D eigenvalue weighted by atomic mass is 16.5. The van der Waals surface area contributed by atoms with Crippen LogP contribution >= 0.6 is 0 Å². The third kappa shape index (κ3) is 3.27. The number of carbonyl (C=O) groups is 1. The number of benzene rings is 1. The van der Waals surface area contributed by atoms with E-state index in [4.69, 9.17) is 11.2 Å². The predicted molar refractivity (Wildman–Crippen MR) is 69.7 cm³/mol. The number of rotatable bonds is 4. The van der Waals surface area contributed by atoms with E-state index >= 15 is 0 Å². The van der Waals surface area contributed by atoms with Crippen LogP contribution in [-0.4, -0.2) is 12.1 Å². The van der Waals surface area contributed by atoms with E-state index in [-0.39, 0.29) is 12.6 Å². The summed E-state index contributed by atoms with van der Waals surface area (Å²) in [6, 6.07) is 9.39. The molecule has 0 heterocycles. The molecule has 0 bridgehead atoms. The normalized spacial score (nSPS) is 16.2. The van der Waals surface area contributed by atoms with Crippen LogP contribution in [0.1, 0.15) is 24.8 Å². The molecule has 0 spiro atoms. The minimum atomic E-state index is -0.436. The van der Waals surface area contributed by atoms with Gasteiger partial charge in [0.1, 0.15) is 6.61 Å². The molecule has 0 aromatic heterocycles. The molecule has 0 aliphatic heterocycles. The standard InChI is InChI=1S/C15H17NO2/c1-2-14(13-9-6-10-13)16-15(17)18-11-12-7-4-3-5-8-12/h1,3-5,7-8,13-14H,6,9-11H2,(H,16,17)/t14-/m0/s1. The summed E-state index contributed by atoms with van der Waals surface area (Å²) in [6.45, 7) is 0.272. The van der Waals surface area contributed by atoms with Gasteiger partial charge in [0.05, 0.1) is 6.04 Å². The van der Waals surface area contributed by atoms with Crippen LogP contribution < -0.4 is 5.32 Å². The molecular weight excluding hydrogens is 226 g/mol. The molecule has 0 radical (unpaired) electrons. The molecule has 1 aliphatic rings. The maximum Gasteiger partial charge on any atom is 0.408 e. The van der Waals surface area contributed by atoms with Crippen LogP contribution in [0.3, 0.4) is 0 Å². The lowest BCUT2D eigenvalue weighted by atomic mass is 9.80. The molecule has 1 aliphatic carbocycles. The Morgan fingerprint density at radius 2 is 2.17 bits per heavy atom. The molecule has 3 heteroatoms. The third-order valence-corrected chi connectivity index (χ3v) is 3.29. The molecule has 1 fully saturated rings. The summed E-state index contributed by atoms with van der Waals surface area (Å²) in [5.41, 5.74) is 0.966. The number of amides is 1. The second-order valence-corrected chi connectivity index (χ2v) is 4.54. The van der Waals surface area contributed by atoms with Crippen molar-refractivity contribution in [3.8, 4) is 12.3 Å². The fraction of sp³-hybridized carbons (Fsp3) is 0.400. The second kappa shape index (κ2) is 6.11. The van der Waals surface area contributed by atoms with E-state index in [0.29, 0.717) is 5.92 Å². The van der Waals surface area contributed by atoms with Crippen molar-refractivity contribution in [1.82, 2.24) is 5.32 Å². The molecule has 2 rings (SSSR count). The minimum Gasteiger partial charge on any atom is -0.445 e. The Hall–Kier alpha value is -1.95. The van der Waals surface area contributed by atoms with Crippen LogP contribution in [0.15, 0.2) is 30.3 Å². The molecule has 0 saturated heterocycles. The fourth-order valence-corrected chi connectivity index (χ4v) is 1.96. The number of carbonyl (C=O) groups excluding carboxylic acids is 1. The van der Waals surface area contributed by atoms with Gasteiger partial charge < -0.3 is 10.1 Å². The van der Waals surface area contributed by atoms with Gasteiger partial charge in [-0.3, -0.25) is 0 Å². The van der Waals surface area contributed by atoms with Crippen molar-refractivity contribution in [3.05, 3.63) is 35.9 Å². The van der Waals surface area contributed by atoms with E-state index in [2.05, 4.69) is 11.2 Å². The van der Waals surface area contributed by atoms with Crippen LogP contribution in [0.5, 0.6) is 0 Å². The molecular formula is C15H17NO2. The number of alkyl carbamates (subject to hydrolysis) is 1. The summed E-state index contributed by atoms with van der Waals surface area (Å²) in [6.07, 6.45) is 8.36. The van der Waals surface area contributed by atoms with Gasteiger partial charge in [0.2, 0.25) is 0 Å². The highest BCUT2D eigenvalue weighted by molar-refractivity contribution is 5.68. The highest BCUT2D eigenvalue weighted by Crippen LogP contribution is 2.29. The predicted octanol–water partition coefficient (Wildman–Crippen LogP) is 2.71. The lowest BCUT2D eigenvalue weighted by molar-refractivity contribution is 0.131. The minimum absolute atomic E-state index is 0.193.